The number of ether oxygens (including phenoxy) is 1. The van der Waals surface area contributed by atoms with Gasteiger partial charge in [0.15, 0.2) is 6.61 Å². The van der Waals surface area contributed by atoms with Gasteiger partial charge in [0.1, 0.15) is 23.4 Å². The van der Waals surface area contributed by atoms with Crippen LogP contribution in [0, 0.1) is 0 Å². The highest BCUT2D eigenvalue weighted by Gasteiger charge is 2.13. The third-order valence-corrected chi connectivity index (χ3v) is 3.56. The molecule has 2 amide bonds. The van der Waals surface area contributed by atoms with E-state index < -0.39 is 5.91 Å². The average molecular weight is 351 g/mol. The van der Waals surface area contributed by atoms with Crippen molar-refractivity contribution in [1.82, 2.24) is 5.16 Å². The number of primary amides is 1. The van der Waals surface area contributed by atoms with Crippen molar-refractivity contribution in [2.45, 2.75) is 6.42 Å². The van der Waals surface area contributed by atoms with Crippen LogP contribution in [0.2, 0.25) is 0 Å². The summed E-state index contributed by atoms with van der Waals surface area (Å²) in [7, 11) is 0. The van der Waals surface area contributed by atoms with Crippen molar-refractivity contribution in [1.29, 1.82) is 0 Å². The first-order valence-corrected chi connectivity index (χ1v) is 7.91. The molecule has 7 heteroatoms. The summed E-state index contributed by atoms with van der Waals surface area (Å²) >= 11 is 0. The lowest BCUT2D eigenvalue weighted by Crippen LogP contribution is -2.20. The normalized spacial score (nSPS) is 10.3. The number of carbonyl (C=O) groups excluding carboxylic acids is 2. The molecule has 26 heavy (non-hydrogen) atoms. The molecule has 1 heterocycles. The SMILES string of the molecule is NC(=O)Cc1ccc(OCC(=O)Nc2conc2-c2ccccc2)cc1. The lowest BCUT2D eigenvalue weighted by atomic mass is 10.1. The second-order valence-corrected chi connectivity index (χ2v) is 5.57. The number of nitrogens with zero attached hydrogens (tertiary/aromatic N) is 1. The monoisotopic (exact) mass is 351 g/mol. The Morgan fingerprint density at radius 2 is 1.81 bits per heavy atom. The molecule has 3 aromatic rings. The minimum Gasteiger partial charge on any atom is -0.484 e. The van der Waals surface area contributed by atoms with E-state index in [1.54, 1.807) is 24.3 Å². The van der Waals surface area contributed by atoms with Crippen LogP contribution in [0.15, 0.2) is 65.4 Å². The Morgan fingerprint density at radius 3 is 2.50 bits per heavy atom. The number of carbonyl (C=O) groups is 2. The average Bonchev–Trinajstić information content (AvgIpc) is 3.09. The molecule has 0 unspecified atom stereocenters. The molecule has 0 fully saturated rings. The predicted octanol–water partition coefficient (Wildman–Crippen LogP) is 2.39. The molecule has 3 rings (SSSR count). The zero-order valence-electron chi connectivity index (χ0n) is 13.8. The van der Waals surface area contributed by atoms with E-state index in [1.165, 1.54) is 6.26 Å². The summed E-state index contributed by atoms with van der Waals surface area (Å²) in [6.45, 7) is -0.172. The van der Waals surface area contributed by atoms with Crippen molar-refractivity contribution in [2.75, 3.05) is 11.9 Å². The number of benzene rings is 2. The topological polar surface area (TPSA) is 107 Å². The van der Waals surface area contributed by atoms with Gasteiger partial charge >= 0.3 is 0 Å². The summed E-state index contributed by atoms with van der Waals surface area (Å²) in [6, 6.07) is 16.2. The number of hydrogen-bond acceptors (Lipinski definition) is 5. The number of rotatable bonds is 7. The summed E-state index contributed by atoms with van der Waals surface area (Å²) < 4.78 is 10.4. The van der Waals surface area contributed by atoms with Crippen molar-refractivity contribution in [2.24, 2.45) is 5.73 Å². The van der Waals surface area contributed by atoms with Gasteiger partial charge < -0.3 is 20.3 Å². The molecule has 0 aliphatic rings. The first-order chi connectivity index (χ1) is 12.6. The van der Waals surface area contributed by atoms with E-state index in [0.717, 1.165) is 11.1 Å². The molecule has 0 aliphatic heterocycles. The number of anilines is 1. The number of nitrogens with one attached hydrogen (secondary N) is 1. The summed E-state index contributed by atoms with van der Waals surface area (Å²) in [5.74, 6) is -0.227. The number of aromatic nitrogens is 1. The van der Waals surface area contributed by atoms with E-state index in [0.29, 0.717) is 17.1 Å². The quantitative estimate of drug-likeness (QED) is 0.679. The third kappa shape index (κ3) is 4.47. The van der Waals surface area contributed by atoms with Crippen molar-refractivity contribution in [3.8, 4) is 17.0 Å². The van der Waals surface area contributed by atoms with Crippen LogP contribution in [0.1, 0.15) is 5.56 Å². The Labute approximate surface area is 149 Å². The van der Waals surface area contributed by atoms with E-state index in [4.69, 9.17) is 15.0 Å². The van der Waals surface area contributed by atoms with E-state index in [9.17, 15) is 9.59 Å². The lowest BCUT2D eigenvalue weighted by molar-refractivity contribution is -0.118. The molecule has 7 nitrogen and oxygen atoms in total. The van der Waals surface area contributed by atoms with Gasteiger partial charge in [-0.25, -0.2) is 0 Å². The maximum Gasteiger partial charge on any atom is 0.262 e. The molecule has 0 atom stereocenters. The Balaban J connectivity index is 1.57. The smallest absolute Gasteiger partial charge is 0.262 e. The Bertz CT molecular complexity index is 889. The van der Waals surface area contributed by atoms with E-state index >= 15 is 0 Å². The zero-order chi connectivity index (χ0) is 18.4. The highest BCUT2D eigenvalue weighted by molar-refractivity contribution is 5.95. The van der Waals surface area contributed by atoms with Crippen molar-refractivity contribution < 1.29 is 18.8 Å². The van der Waals surface area contributed by atoms with Gasteiger partial charge in [0.05, 0.1) is 6.42 Å². The minimum absolute atomic E-state index is 0.163. The maximum atomic E-state index is 12.1. The summed E-state index contributed by atoms with van der Waals surface area (Å²) in [6.07, 6.45) is 1.54. The van der Waals surface area contributed by atoms with Gasteiger partial charge in [0.25, 0.3) is 5.91 Å². The first kappa shape index (κ1) is 17.2. The molecule has 3 N–H and O–H groups in total. The fourth-order valence-corrected chi connectivity index (χ4v) is 2.37. The highest BCUT2D eigenvalue weighted by atomic mass is 16.5. The molecule has 1 aromatic heterocycles. The van der Waals surface area contributed by atoms with Crippen LogP contribution < -0.4 is 15.8 Å². The maximum absolute atomic E-state index is 12.1. The minimum atomic E-state index is -0.402. The summed E-state index contributed by atoms with van der Waals surface area (Å²) in [5.41, 5.74) is 7.79. The number of nitrogens with two attached hydrogens (primary N) is 1. The number of hydrogen-bond donors (Lipinski definition) is 2. The molecule has 0 radical (unpaired) electrons. The zero-order valence-corrected chi connectivity index (χ0v) is 13.8. The molecular formula is C19H17N3O4. The fraction of sp³-hybridized carbons (Fsp3) is 0.105. The summed E-state index contributed by atoms with van der Waals surface area (Å²) in [4.78, 5) is 23.0. The van der Waals surface area contributed by atoms with Gasteiger partial charge in [-0.15, -0.1) is 0 Å². The molecule has 0 saturated heterocycles. The Hall–Kier alpha value is -3.61. The molecule has 132 valence electrons. The van der Waals surface area contributed by atoms with Gasteiger partial charge in [0.2, 0.25) is 5.91 Å². The van der Waals surface area contributed by atoms with Crippen molar-refractivity contribution >= 4 is 17.5 Å². The molecule has 2 aromatic carbocycles. The van der Waals surface area contributed by atoms with Crippen LogP contribution in [-0.2, 0) is 16.0 Å². The van der Waals surface area contributed by atoms with Gasteiger partial charge in [-0.2, -0.15) is 0 Å². The van der Waals surface area contributed by atoms with Gasteiger partial charge in [-0.05, 0) is 17.7 Å². The number of amides is 2. The van der Waals surface area contributed by atoms with Crippen LogP contribution in [0.4, 0.5) is 5.69 Å². The Morgan fingerprint density at radius 1 is 1.08 bits per heavy atom. The van der Waals surface area contributed by atoms with Crippen LogP contribution >= 0.6 is 0 Å². The van der Waals surface area contributed by atoms with E-state index in [2.05, 4.69) is 10.5 Å². The van der Waals surface area contributed by atoms with Crippen LogP contribution in [0.3, 0.4) is 0 Å². The van der Waals surface area contributed by atoms with E-state index in [-0.39, 0.29) is 18.9 Å². The van der Waals surface area contributed by atoms with Crippen LogP contribution in [0.25, 0.3) is 11.3 Å². The largest absolute Gasteiger partial charge is 0.484 e. The second kappa shape index (κ2) is 7.98. The van der Waals surface area contributed by atoms with Crippen molar-refractivity contribution in [3.63, 3.8) is 0 Å². The fourth-order valence-electron chi connectivity index (χ4n) is 2.37. The molecule has 0 bridgehead atoms. The highest BCUT2D eigenvalue weighted by Crippen LogP contribution is 2.26. The first-order valence-electron chi connectivity index (χ1n) is 7.91. The van der Waals surface area contributed by atoms with E-state index in [1.807, 2.05) is 30.3 Å². The predicted molar refractivity (Wildman–Crippen MR) is 95.4 cm³/mol. The standard InChI is InChI=1S/C19H17N3O4/c20-17(23)10-13-6-8-15(9-7-13)25-12-18(24)21-16-11-26-22-19(16)14-4-2-1-3-5-14/h1-9,11H,10,12H2,(H2,20,23)(H,21,24). The molecular weight excluding hydrogens is 334 g/mol. The molecule has 0 aliphatic carbocycles. The van der Waals surface area contributed by atoms with Crippen molar-refractivity contribution in [3.05, 3.63) is 66.4 Å². The third-order valence-electron chi connectivity index (χ3n) is 3.56. The molecule has 0 saturated carbocycles. The van der Waals surface area contributed by atoms with Crippen LogP contribution in [0.5, 0.6) is 5.75 Å². The second-order valence-electron chi connectivity index (χ2n) is 5.57. The van der Waals surface area contributed by atoms with Gasteiger partial charge in [-0.3, -0.25) is 9.59 Å². The van der Waals surface area contributed by atoms with Gasteiger partial charge in [-0.1, -0.05) is 47.6 Å². The lowest BCUT2D eigenvalue weighted by Gasteiger charge is -2.08. The molecule has 0 spiro atoms. The van der Waals surface area contributed by atoms with Gasteiger partial charge in [0, 0.05) is 5.56 Å². The van der Waals surface area contributed by atoms with Crippen LogP contribution in [-0.4, -0.2) is 23.6 Å². The summed E-state index contributed by atoms with van der Waals surface area (Å²) in [5, 5.41) is 6.64. The Kier molecular flexibility index (Phi) is 5.28.